The van der Waals surface area contributed by atoms with E-state index in [-0.39, 0.29) is 12.5 Å². The molecule has 1 atom stereocenters. The van der Waals surface area contributed by atoms with Crippen LogP contribution in [-0.2, 0) is 14.8 Å². The molecule has 1 saturated heterocycles. The summed E-state index contributed by atoms with van der Waals surface area (Å²) in [4.78, 5) is 14.7. The quantitative estimate of drug-likeness (QED) is 0.813. The topological polar surface area (TPSA) is 90.3 Å². The standard InChI is InChI=1S/C18H21N3O3S3/c1-11-6-7-16(25-11)27(23,24)21-8-4-5-14(10-21)17(22)20-18-15(9-19)12(2)13(3)26-18/h6-7,14H,4-5,8,10H2,1-3H3,(H,20,22)/t14-/m0/s1. The number of carbonyl (C=O) groups is 1. The molecule has 1 aliphatic heterocycles. The maximum Gasteiger partial charge on any atom is 0.252 e. The third-order valence-electron chi connectivity index (χ3n) is 4.80. The van der Waals surface area contributed by atoms with Gasteiger partial charge in [-0.3, -0.25) is 4.79 Å². The van der Waals surface area contributed by atoms with E-state index in [0.29, 0.717) is 34.2 Å². The number of aryl methyl sites for hydroxylation is 2. The number of nitrogens with zero attached hydrogens (tertiary/aromatic N) is 2. The van der Waals surface area contributed by atoms with E-state index >= 15 is 0 Å². The van der Waals surface area contributed by atoms with E-state index < -0.39 is 15.9 Å². The normalized spacial score (nSPS) is 18.2. The van der Waals surface area contributed by atoms with Crippen LogP contribution in [0.4, 0.5) is 5.00 Å². The molecule has 0 aliphatic carbocycles. The molecule has 0 saturated carbocycles. The molecule has 3 rings (SSSR count). The van der Waals surface area contributed by atoms with Gasteiger partial charge in [0, 0.05) is 22.8 Å². The lowest BCUT2D eigenvalue weighted by molar-refractivity contribution is -0.120. The zero-order valence-corrected chi connectivity index (χ0v) is 17.9. The summed E-state index contributed by atoms with van der Waals surface area (Å²) in [6, 6.07) is 5.55. The zero-order chi connectivity index (χ0) is 19.8. The molecule has 3 heterocycles. The molecular formula is C18H21N3O3S3. The van der Waals surface area contributed by atoms with Crippen molar-refractivity contribution in [2.45, 2.75) is 37.8 Å². The highest BCUT2D eigenvalue weighted by atomic mass is 32.2. The van der Waals surface area contributed by atoms with Crippen molar-refractivity contribution < 1.29 is 13.2 Å². The lowest BCUT2D eigenvalue weighted by Gasteiger charge is -2.30. The van der Waals surface area contributed by atoms with Crippen LogP contribution in [0.15, 0.2) is 16.3 Å². The van der Waals surface area contributed by atoms with E-state index in [2.05, 4.69) is 11.4 Å². The molecule has 0 spiro atoms. The van der Waals surface area contributed by atoms with Crippen molar-refractivity contribution in [2.75, 3.05) is 18.4 Å². The van der Waals surface area contributed by atoms with Gasteiger partial charge < -0.3 is 5.32 Å². The molecule has 27 heavy (non-hydrogen) atoms. The summed E-state index contributed by atoms with van der Waals surface area (Å²) >= 11 is 2.62. The van der Waals surface area contributed by atoms with Gasteiger partial charge >= 0.3 is 0 Å². The maximum absolute atomic E-state index is 12.8. The highest BCUT2D eigenvalue weighted by Crippen LogP contribution is 2.33. The highest BCUT2D eigenvalue weighted by molar-refractivity contribution is 7.91. The van der Waals surface area contributed by atoms with Gasteiger partial charge in [0.1, 0.15) is 15.3 Å². The minimum atomic E-state index is -3.57. The molecule has 0 unspecified atom stereocenters. The maximum atomic E-state index is 12.8. The first-order chi connectivity index (χ1) is 12.7. The highest BCUT2D eigenvalue weighted by Gasteiger charge is 2.34. The smallest absolute Gasteiger partial charge is 0.252 e. The Morgan fingerprint density at radius 2 is 2.04 bits per heavy atom. The van der Waals surface area contributed by atoms with Gasteiger partial charge in [0.2, 0.25) is 5.91 Å². The molecule has 144 valence electrons. The number of nitriles is 1. The van der Waals surface area contributed by atoms with E-state index in [1.54, 1.807) is 12.1 Å². The Hall–Kier alpha value is -1.73. The molecule has 2 aromatic heterocycles. The number of amides is 1. The van der Waals surface area contributed by atoms with Gasteiger partial charge in [0.25, 0.3) is 10.0 Å². The predicted molar refractivity (Wildman–Crippen MR) is 108 cm³/mol. The van der Waals surface area contributed by atoms with Crippen molar-refractivity contribution >= 4 is 43.6 Å². The first-order valence-electron chi connectivity index (χ1n) is 8.61. The first-order valence-corrected chi connectivity index (χ1v) is 11.7. The van der Waals surface area contributed by atoms with Crippen LogP contribution in [0.2, 0.25) is 0 Å². The van der Waals surface area contributed by atoms with Crippen molar-refractivity contribution in [1.29, 1.82) is 5.26 Å². The van der Waals surface area contributed by atoms with Crippen LogP contribution in [0.25, 0.3) is 0 Å². The zero-order valence-electron chi connectivity index (χ0n) is 15.4. The monoisotopic (exact) mass is 423 g/mol. The number of thiophene rings is 2. The number of anilines is 1. The lowest BCUT2D eigenvalue weighted by Crippen LogP contribution is -2.43. The van der Waals surface area contributed by atoms with Crippen molar-refractivity contribution in [1.82, 2.24) is 4.31 Å². The van der Waals surface area contributed by atoms with Gasteiger partial charge in [0.15, 0.2) is 0 Å². The van der Waals surface area contributed by atoms with Gasteiger partial charge in [-0.2, -0.15) is 9.57 Å². The SMILES string of the molecule is Cc1ccc(S(=O)(=O)N2CCC[C@H](C(=O)Nc3sc(C)c(C)c3C#N)C2)s1. The van der Waals surface area contributed by atoms with E-state index in [9.17, 15) is 18.5 Å². The Balaban J connectivity index is 1.76. The molecular weight excluding hydrogens is 402 g/mol. The largest absolute Gasteiger partial charge is 0.316 e. The fourth-order valence-corrected chi connectivity index (χ4v) is 7.09. The Bertz CT molecular complexity index is 1010. The molecule has 0 radical (unpaired) electrons. The molecule has 0 aromatic carbocycles. The van der Waals surface area contributed by atoms with Crippen LogP contribution in [0.5, 0.6) is 0 Å². The van der Waals surface area contributed by atoms with Gasteiger partial charge in [-0.15, -0.1) is 22.7 Å². The van der Waals surface area contributed by atoms with Crippen molar-refractivity contribution in [3.8, 4) is 6.07 Å². The average Bonchev–Trinajstić information content (AvgIpc) is 3.19. The van der Waals surface area contributed by atoms with Crippen LogP contribution in [0.1, 0.15) is 33.7 Å². The molecule has 6 nitrogen and oxygen atoms in total. The molecule has 9 heteroatoms. The fraction of sp³-hybridized carbons (Fsp3) is 0.444. The summed E-state index contributed by atoms with van der Waals surface area (Å²) in [6.07, 6.45) is 1.27. The molecule has 2 aromatic rings. The number of sulfonamides is 1. The van der Waals surface area contributed by atoms with Crippen LogP contribution >= 0.6 is 22.7 Å². The number of nitrogens with one attached hydrogen (secondary N) is 1. The number of hydrogen-bond donors (Lipinski definition) is 1. The second kappa shape index (κ2) is 7.72. The first kappa shape index (κ1) is 20.0. The number of rotatable bonds is 4. The van der Waals surface area contributed by atoms with E-state index in [4.69, 9.17) is 0 Å². The van der Waals surface area contributed by atoms with Crippen LogP contribution in [0.3, 0.4) is 0 Å². The lowest BCUT2D eigenvalue weighted by atomic mass is 9.99. The van der Waals surface area contributed by atoms with E-state index in [0.717, 1.165) is 15.3 Å². The van der Waals surface area contributed by atoms with Gasteiger partial charge in [0.05, 0.1) is 11.5 Å². The Morgan fingerprint density at radius 1 is 1.30 bits per heavy atom. The van der Waals surface area contributed by atoms with Crippen LogP contribution in [-0.4, -0.2) is 31.7 Å². The van der Waals surface area contributed by atoms with Crippen molar-refractivity contribution in [2.24, 2.45) is 5.92 Å². The summed E-state index contributed by atoms with van der Waals surface area (Å²) in [6.45, 7) is 6.22. The number of hydrogen-bond acceptors (Lipinski definition) is 6. The van der Waals surface area contributed by atoms with Crippen molar-refractivity contribution in [3.63, 3.8) is 0 Å². The van der Waals surface area contributed by atoms with Gasteiger partial charge in [-0.25, -0.2) is 8.42 Å². The van der Waals surface area contributed by atoms with Crippen LogP contribution < -0.4 is 5.32 Å². The number of piperidine rings is 1. The molecule has 1 N–H and O–H groups in total. The van der Waals surface area contributed by atoms with Crippen molar-refractivity contribution in [3.05, 3.63) is 33.0 Å². The molecule has 0 bridgehead atoms. The minimum absolute atomic E-state index is 0.163. The summed E-state index contributed by atoms with van der Waals surface area (Å²) in [5, 5.41) is 12.7. The van der Waals surface area contributed by atoms with Gasteiger partial charge in [-0.1, -0.05) is 0 Å². The third kappa shape index (κ3) is 3.94. The third-order valence-corrected chi connectivity index (χ3v) is 9.25. The fourth-order valence-electron chi connectivity index (χ4n) is 3.12. The second-order valence-electron chi connectivity index (χ2n) is 6.66. The van der Waals surface area contributed by atoms with Crippen LogP contribution in [0, 0.1) is 38.0 Å². The minimum Gasteiger partial charge on any atom is -0.316 e. The average molecular weight is 424 g/mol. The summed E-state index contributed by atoms with van der Waals surface area (Å²) in [7, 11) is -3.57. The molecule has 1 amide bonds. The van der Waals surface area contributed by atoms with E-state index in [1.807, 2.05) is 20.8 Å². The Labute approximate surface area is 167 Å². The summed E-state index contributed by atoms with van der Waals surface area (Å²) in [5.41, 5.74) is 1.36. The molecule has 1 aliphatic rings. The number of carbonyl (C=O) groups excluding carboxylic acids is 1. The summed E-state index contributed by atoms with van der Waals surface area (Å²) in [5.74, 6) is -0.654. The predicted octanol–water partition coefficient (Wildman–Crippen LogP) is 3.65. The Morgan fingerprint density at radius 3 is 2.67 bits per heavy atom. The van der Waals surface area contributed by atoms with Gasteiger partial charge in [-0.05, 0) is 51.3 Å². The molecule has 1 fully saturated rings. The Kier molecular flexibility index (Phi) is 5.72. The second-order valence-corrected chi connectivity index (χ2v) is 11.3. The summed E-state index contributed by atoms with van der Waals surface area (Å²) < 4.78 is 27.4. The van der Waals surface area contributed by atoms with E-state index in [1.165, 1.54) is 27.0 Å².